The van der Waals surface area contributed by atoms with Crippen LogP contribution in [0.25, 0.3) is 0 Å². The average Bonchev–Trinajstić information content (AvgIpc) is 3.09. The summed E-state index contributed by atoms with van der Waals surface area (Å²) in [5.41, 5.74) is 9.65. The number of benzene rings is 1. The number of hydrogen-bond donors (Lipinski definition) is 1. The molecule has 1 fully saturated rings. The van der Waals surface area contributed by atoms with E-state index in [9.17, 15) is 0 Å². The van der Waals surface area contributed by atoms with Gasteiger partial charge in [-0.1, -0.05) is 28.9 Å². The Balaban J connectivity index is 1.92. The van der Waals surface area contributed by atoms with E-state index in [2.05, 4.69) is 42.2 Å². The SMILES string of the molecule is Cc1ccc(C)c(C(N)c2noc(C3CC3)n2)c1. The van der Waals surface area contributed by atoms with Gasteiger partial charge in [-0.15, -0.1) is 0 Å². The lowest BCUT2D eigenvalue weighted by molar-refractivity contribution is 0.372. The van der Waals surface area contributed by atoms with Crippen LogP contribution >= 0.6 is 0 Å². The summed E-state index contributed by atoms with van der Waals surface area (Å²) in [5, 5.41) is 4.01. The van der Waals surface area contributed by atoms with Gasteiger partial charge in [0, 0.05) is 5.92 Å². The summed E-state index contributed by atoms with van der Waals surface area (Å²) >= 11 is 0. The van der Waals surface area contributed by atoms with Gasteiger partial charge in [0.2, 0.25) is 5.89 Å². The first kappa shape index (κ1) is 11.4. The van der Waals surface area contributed by atoms with Crippen LogP contribution < -0.4 is 5.73 Å². The Bertz CT molecular complexity index is 572. The summed E-state index contributed by atoms with van der Waals surface area (Å²) in [4.78, 5) is 4.42. The van der Waals surface area contributed by atoms with E-state index in [4.69, 9.17) is 10.3 Å². The summed E-state index contributed by atoms with van der Waals surface area (Å²) < 4.78 is 5.26. The van der Waals surface area contributed by atoms with Crippen molar-refractivity contribution in [1.29, 1.82) is 0 Å². The Morgan fingerprint density at radius 3 is 2.83 bits per heavy atom. The number of aromatic nitrogens is 2. The molecule has 0 saturated heterocycles. The van der Waals surface area contributed by atoms with E-state index in [0.29, 0.717) is 11.7 Å². The highest BCUT2D eigenvalue weighted by Crippen LogP contribution is 2.39. The molecule has 94 valence electrons. The van der Waals surface area contributed by atoms with Gasteiger partial charge < -0.3 is 10.3 Å². The first-order valence-corrected chi connectivity index (χ1v) is 6.31. The summed E-state index contributed by atoms with van der Waals surface area (Å²) in [5.74, 6) is 1.80. The summed E-state index contributed by atoms with van der Waals surface area (Å²) in [6.07, 6.45) is 2.31. The second kappa shape index (κ2) is 4.21. The van der Waals surface area contributed by atoms with Crippen LogP contribution in [0, 0.1) is 13.8 Å². The molecule has 1 aromatic heterocycles. The number of hydrogen-bond acceptors (Lipinski definition) is 4. The van der Waals surface area contributed by atoms with Crippen molar-refractivity contribution in [2.24, 2.45) is 5.73 Å². The third-order valence-electron chi connectivity index (χ3n) is 3.43. The molecule has 1 atom stereocenters. The zero-order valence-corrected chi connectivity index (χ0v) is 10.7. The van der Waals surface area contributed by atoms with Crippen molar-refractivity contribution in [3.63, 3.8) is 0 Å². The van der Waals surface area contributed by atoms with Gasteiger partial charge in [-0.25, -0.2) is 0 Å². The molecular formula is C14H17N3O. The number of nitrogens with zero attached hydrogens (tertiary/aromatic N) is 2. The molecule has 18 heavy (non-hydrogen) atoms. The molecule has 1 unspecified atom stereocenters. The van der Waals surface area contributed by atoms with Crippen LogP contribution in [0.4, 0.5) is 0 Å². The maximum absolute atomic E-state index is 6.23. The topological polar surface area (TPSA) is 64.9 Å². The van der Waals surface area contributed by atoms with E-state index in [-0.39, 0.29) is 6.04 Å². The zero-order valence-electron chi connectivity index (χ0n) is 10.7. The van der Waals surface area contributed by atoms with Crippen LogP contribution in [-0.2, 0) is 0 Å². The van der Waals surface area contributed by atoms with E-state index in [1.165, 1.54) is 5.56 Å². The highest BCUT2D eigenvalue weighted by molar-refractivity contribution is 5.35. The molecule has 0 amide bonds. The minimum Gasteiger partial charge on any atom is -0.339 e. The lowest BCUT2D eigenvalue weighted by Gasteiger charge is -2.11. The first-order chi connectivity index (χ1) is 8.65. The quantitative estimate of drug-likeness (QED) is 0.900. The predicted molar refractivity (Wildman–Crippen MR) is 68.2 cm³/mol. The molecule has 1 aliphatic rings. The molecule has 3 rings (SSSR count). The van der Waals surface area contributed by atoms with Gasteiger partial charge in [0.15, 0.2) is 5.82 Å². The van der Waals surface area contributed by atoms with Crippen molar-refractivity contribution >= 4 is 0 Å². The van der Waals surface area contributed by atoms with Gasteiger partial charge in [0.05, 0.1) is 6.04 Å². The standard InChI is InChI=1S/C14H17N3O/c1-8-3-4-9(2)11(7-8)12(15)13-16-14(18-17-13)10-5-6-10/h3-4,7,10,12H,5-6,15H2,1-2H3. The highest BCUT2D eigenvalue weighted by atomic mass is 16.5. The summed E-state index contributed by atoms with van der Waals surface area (Å²) in [6, 6.07) is 5.94. The molecule has 4 nitrogen and oxygen atoms in total. The van der Waals surface area contributed by atoms with Crippen LogP contribution in [0.2, 0.25) is 0 Å². The van der Waals surface area contributed by atoms with E-state index in [0.717, 1.165) is 29.9 Å². The van der Waals surface area contributed by atoms with E-state index >= 15 is 0 Å². The monoisotopic (exact) mass is 243 g/mol. The minimum absolute atomic E-state index is 0.304. The van der Waals surface area contributed by atoms with Crippen LogP contribution in [-0.4, -0.2) is 10.1 Å². The van der Waals surface area contributed by atoms with Gasteiger partial charge in [-0.3, -0.25) is 0 Å². The molecule has 4 heteroatoms. The number of rotatable bonds is 3. The zero-order chi connectivity index (χ0) is 12.7. The number of nitrogens with two attached hydrogens (primary N) is 1. The molecule has 1 heterocycles. The van der Waals surface area contributed by atoms with E-state index in [1.54, 1.807) is 0 Å². The van der Waals surface area contributed by atoms with Crippen LogP contribution in [0.1, 0.15) is 53.2 Å². The maximum atomic E-state index is 6.23. The molecule has 0 spiro atoms. The fourth-order valence-corrected chi connectivity index (χ4v) is 2.10. The van der Waals surface area contributed by atoms with E-state index in [1.807, 2.05) is 0 Å². The Kier molecular flexibility index (Phi) is 2.67. The van der Waals surface area contributed by atoms with Gasteiger partial charge in [0.25, 0.3) is 0 Å². The molecule has 2 N–H and O–H groups in total. The molecule has 0 bridgehead atoms. The van der Waals surface area contributed by atoms with E-state index < -0.39 is 0 Å². The lowest BCUT2D eigenvalue weighted by Crippen LogP contribution is -2.15. The third kappa shape index (κ3) is 2.04. The fraction of sp³-hybridized carbons (Fsp3) is 0.429. The maximum Gasteiger partial charge on any atom is 0.229 e. The van der Waals surface area contributed by atoms with Gasteiger partial charge in [-0.05, 0) is 37.8 Å². The molecule has 1 aliphatic carbocycles. The summed E-state index contributed by atoms with van der Waals surface area (Å²) in [6.45, 7) is 4.11. The van der Waals surface area contributed by atoms with Crippen molar-refractivity contribution in [1.82, 2.24) is 10.1 Å². The van der Waals surface area contributed by atoms with Crippen molar-refractivity contribution in [3.05, 3.63) is 46.6 Å². The molecule has 1 saturated carbocycles. The molecular weight excluding hydrogens is 226 g/mol. The van der Waals surface area contributed by atoms with Gasteiger partial charge in [0.1, 0.15) is 0 Å². The van der Waals surface area contributed by atoms with Crippen LogP contribution in [0.3, 0.4) is 0 Å². The molecule has 0 aliphatic heterocycles. The van der Waals surface area contributed by atoms with Crippen molar-refractivity contribution < 1.29 is 4.52 Å². The number of aryl methyl sites for hydroxylation is 2. The van der Waals surface area contributed by atoms with Gasteiger partial charge in [-0.2, -0.15) is 4.98 Å². The molecule has 0 radical (unpaired) electrons. The molecule has 1 aromatic carbocycles. The third-order valence-corrected chi connectivity index (χ3v) is 3.43. The Morgan fingerprint density at radius 1 is 1.33 bits per heavy atom. The summed E-state index contributed by atoms with van der Waals surface area (Å²) in [7, 11) is 0. The second-order valence-corrected chi connectivity index (χ2v) is 5.10. The van der Waals surface area contributed by atoms with Crippen molar-refractivity contribution in [2.75, 3.05) is 0 Å². The Hall–Kier alpha value is -1.68. The largest absolute Gasteiger partial charge is 0.339 e. The van der Waals surface area contributed by atoms with Crippen molar-refractivity contribution in [3.8, 4) is 0 Å². The van der Waals surface area contributed by atoms with Gasteiger partial charge >= 0.3 is 0 Å². The minimum atomic E-state index is -0.304. The van der Waals surface area contributed by atoms with Crippen LogP contribution in [0.5, 0.6) is 0 Å². The molecule has 2 aromatic rings. The second-order valence-electron chi connectivity index (χ2n) is 5.10. The van der Waals surface area contributed by atoms with Crippen molar-refractivity contribution in [2.45, 2.75) is 38.6 Å². The fourth-order valence-electron chi connectivity index (χ4n) is 2.10. The Labute approximate surface area is 106 Å². The van der Waals surface area contributed by atoms with Crippen LogP contribution in [0.15, 0.2) is 22.7 Å². The lowest BCUT2D eigenvalue weighted by atomic mass is 9.99. The smallest absolute Gasteiger partial charge is 0.229 e. The normalized spacial score (nSPS) is 16.8. The predicted octanol–water partition coefficient (Wildman–Crippen LogP) is 2.61. The Morgan fingerprint density at radius 2 is 2.11 bits per heavy atom. The first-order valence-electron chi connectivity index (χ1n) is 6.31. The average molecular weight is 243 g/mol. The highest BCUT2D eigenvalue weighted by Gasteiger charge is 2.30.